The molecule has 0 aromatic carbocycles. The van der Waals surface area contributed by atoms with Gasteiger partial charge < -0.3 is 5.32 Å². The minimum absolute atomic E-state index is 1.02. The predicted octanol–water partition coefficient (Wildman–Crippen LogP) is 3.12. The zero-order valence-electron chi connectivity index (χ0n) is 8.73. The SMILES string of the molecule is C=CCCNCCC1CCCCC1. The Bertz CT molecular complexity index is 125. The number of hydrogen-bond donors (Lipinski definition) is 1. The minimum atomic E-state index is 1.02. The highest BCUT2D eigenvalue weighted by Crippen LogP contribution is 2.25. The van der Waals surface area contributed by atoms with Crippen molar-refractivity contribution < 1.29 is 0 Å². The van der Waals surface area contributed by atoms with Crippen LogP contribution in [0.15, 0.2) is 12.7 Å². The zero-order valence-corrected chi connectivity index (χ0v) is 8.73. The quantitative estimate of drug-likeness (QED) is 0.490. The van der Waals surface area contributed by atoms with Gasteiger partial charge in [0, 0.05) is 0 Å². The largest absolute Gasteiger partial charge is 0.316 e. The molecule has 1 N–H and O–H groups in total. The van der Waals surface area contributed by atoms with Gasteiger partial charge in [-0.1, -0.05) is 38.2 Å². The maximum absolute atomic E-state index is 3.71. The molecule has 0 amide bonds. The van der Waals surface area contributed by atoms with Gasteiger partial charge in [-0.25, -0.2) is 0 Å². The lowest BCUT2D eigenvalue weighted by Crippen LogP contribution is -2.20. The molecule has 76 valence electrons. The summed E-state index contributed by atoms with van der Waals surface area (Å²) in [6.07, 6.45) is 11.8. The van der Waals surface area contributed by atoms with Crippen molar-refractivity contribution in [2.45, 2.75) is 44.9 Å². The second-order valence-electron chi connectivity index (χ2n) is 4.12. The highest BCUT2D eigenvalue weighted by Gasteiger charge is 2.11. The van der Waals surface area contributed by atoms with E-state index in [4.69, 9.17) is 0 Å². The Morgan fingerprint density at radius 3 is 2.62 bits per heavy atom. The molecule has 1 rings (SSSR count). The van der Waals surface area contributed by atoms with E-state index in [2.05, 4.69) is 11.9 Å². The summed E-state index contributed by atoms with van der Waals surface area (Å²) in [4.78, 5) is 0. The summed E-state index contributed by atoms with van der Waals surface area (Å²) < 4.78 is 0. The lowest BCUT2D eigenvalue weighted by atomic mass is 9.87. The van der Waals surface area contributed by atoms with Crippen molar-refractivity contribution in [2.75, 3.05) is 13.1 Å². The molecule has 1 heteroatoms. The summed E-state index contributed by atoms with van der Waals surface area (Å²) in [6.45, 7) is 6.02. The lowest BCUT2D eigenvalue weighted by Gasteiger charge is -2.21. The van der Waals surface area contributed by atoms with Gasteiger partial charge in [-0.2, -0.15) is 0 Å². The first-order valence-electron chi connectivity index (χ1n) is 5.75. The van der Waals surface area contributed by atoms with Crippen LogP contribution in [0.3, 0.4) is 0 Å². The molecule has 0 unspecified atom stereocenters. The van der Waals surface area contributed by atoms with Gasteiger partial charge in [-0.15, -0.1) is 6.58 Å². The van der Waals surface area contributed by atoms with E-state index in [9.17, 15) is 0 Å². The molecule has 13 heavy (non-hydrogen) atoms. The average Bonchev–Trinajstić information content (AvgIpc) is 2.19. The van der Waals surface area contributed by atoms with Gasteiger partial charge in [0.05, 0.1) is 0 Å². The minimum Gasteiger partial charge on any atom is -0.316 e. The maximum Gasteiger partial charge on any atom is -0.00144 e. The summed E-state index contributed by atoms with van der Waals surface area (Å²) in [7, 11) is 0. The molecule has 0 atom stereocenters. The van der Waals surface area contributed by atoms with Crippen LogP contribution in [0.1, 0.15) is 44.9 Å². The first kappa shape index (κ1) is 10.8. The standard InChI is InChI=1S/C12H23N/c1-2-3-10-13-11-9-12-7-5-4-6-8-12/h2,12-13H,1,3-11H2. The van der Waals surface area contributed by atoms with Crippen LogP contribution >= 0.6 is 0 Å². The third kappa shape index (κ3) is 5.09. The van der Waals surface area contributed by atoms with Crippen molar-refractivity contribution in [2.24, 2.45) is 5.92 Å². The summed E-state index contributed by atoms with van der Waals surface area (Å²) in [5.74, 6) is 1.02. The molecule has 1 nitrogen and oxygen atoms in total. The van der Waals surface area contributed by atoms with Crippen LogP contribution in [0, 0.1) is 5.92 Å². The van der Waals surface area contributed by atoms with E-state index in [0.29, 0.717) is 0 Å². The Balaban J connectivity index is 1.89. The van der Waals surface area contributed by atoms with Gasteiger partial charge in [-0.05, 0) is 31.8 Å². The molecule has 0 aromatic heterocycles. The molecule has 1 aliphatic rings. The normalized spacial score (nSPS) is 18.8. The van der Waals surface area contributed by atoms with Crippen LogP contribution in [0.25, 0.3) is 0 Å². The van der Waals surface area contributed by atoms with Crippen LogP contribution in [0.5, 0.6) is 0 Å². The smallest absolute Gasteiger partial charge is 0.00144 e. The molecule has 0 radical (unpaired) electrons. The van der Waals surface area contributed by atoms with Crippen molar-refractivity contribution in [3.8, 4) is 0 Å². The number of nitrogens with one attached hydrogen (secondary N) is 1. The van der Waals surface area contributed by atoms with Crippen molar-refractivity contribution in [3.05, 3.63) is 12.7 Å². The van der Waals surface area contributed by atoms with Crippen LogP contribution in [-0.2, 0) is 0 Å². The van der Waals surface area contributed by atoms with E-state index < -0.39 is 0 Å². The molecular formula is C12H23N. The summed E-state index contributed by atoms with van der Waals surface area (Å²) >= 11 is 0. The fourth-order valence-corrected chi connectivity index (χ4v) is 2.11. The summed E-state index contributed by atoms with van der Waals surface area (Å²) in [5, 5.41) is 3.46. The Hall–Kier alpha value is -0.300. The van der Waals surface area contributed by atoms with E-state index >= 15 is 0 Å². The van der Waals surface area contributed by atoms with Gasteiger partial charge in [0.2, 0.25) is 0 Å². The Morgan fingerprint density at radius 2 is 1.92 bits per heavy atom. The molecule has 0 aliphatic heterocycles. The Labute approximate surface area is 82.6 Å². The van der Waals surface area contributed by atoms with Crippen molar-refractivity contribution in [1.29, 1.82) is 0 Å². The molecule has 1 saturated carbocycles. The molecule has 1 fully saturated rings. The highest BCUT2D eigenvalue weighted by molar-refractivity contribution is 4.69. The lowest BCUT2D eigenvalue weighted by molar-refractivity contribution is 0.334. The van der Waals surface area contributed by atoms with Gasteiger partial charge >= 0.3 is 0 Å². The molecule has 0 saturated heterocycles. The second kappa shape index (κ2) is 7.14. The van der Waals surface area contributed by atoms with Gasteiger partial charge in [0.1, 0.15) is 0 Å². The third-order valence-electron chi connectivity index (χ3n) is 2.98. The van der Waals surface area contributed by atoms with Crippen molar-refractivity contribution in [1.82, 2.24) is 5.32 Å². The van der Waals surface area contributed by atoms with E-state index in [0.717, 1.165) is 18.9 Å². The van der Waals surface area contributed by atoms with E-state index in [1.165, 1.54) is 45.1 Å². The number of hydrogen-bond acceptors (Lipinski definition) is 1. The fraction of sp³-hybridized carbons (Fsp3) is 0.833. The first-order chi connectivity index (χ1) is 6.43. The van der Waals surface area contributed by atoms with Gasteiger partial charge in [0.25, 0.3) is 0 Å². The monoisotopic (exact) mass is 181 g/mol. The van der Waals surface area contributed by atoms with Crippen LogP contribution in [0.2, 0.25) is 0 Å². The number of rotatable bonds is 6. The fourth-order valence-electron chi connectivity index (χ4n) is 2.11. The summed E-state index contributed by atoms with van der Waals surface area (Å²) in [6, 6.07) is 0. The first-order valence-corrected chi connectivity index (χ1v) is 5.75. The molecule has 0 aromatic rings. The van der Waals surface area contributed by atoms with Crippen molar-refractivity contribution >= 4 is 0 Å². The average molecular weight is 181 g/mol. The third-order valence-corrected chi connectivity index (χ3v) is 2.98. The zero-order chi connectivity index (χ0) is 9.36. The maximum atomic E-state index is 3.71. The molecular weight excluding hydrogens is 158 g/mol. The van der Waals surface area contributed by atoms with E-state index in [1.807, 2.05) is 6.08 Å². The van der Waals surface area contributed by atoms with Gasteiger partial charge in [0.15, 0.2) is 0 Å². The van der Waals surface area contributed by atoms with E-state index in [-0.39, 0.29) is 0 Å². The molecule has 0 bridgehead atoms. The summed E-state index contributed by atoms with van der Waals surface area (Å²) in [5.41, 5.74) is 0. The topological polar surface area (TPSA) is 12.0 Å². The van der Waals surface area contributed by atoms with E-state index in [1.54, 1.807) is 0 Å². The molecule has 0 spiro atoms. The highest BCUT2D eigenvalue weighted by atomic mass is 14.8. The van der Waals surface area contributed by atoms with Crippen LogP contribution < -0.4 is 5.32 Å². The molecule has 1 aliphatic carbocycles. The van der Waals surface area contributed by atoms with Crippen molar-refractivity contribution in [3.63, 3.8) is 0 Å². The molecule has 0 heterocycles. The Morgan fingerprint density at radius 1 is 1.15 bits per heavy atom. The second-order valence-corrected chi connectivity index (χ2v) is 4.12. The van der Waals surface area contributed by atoms with Crippen LogP contribution in [-0.4, -0.2) is 13.1 Å². The van der Waals surface area contributed by atoms with Gasteiger partial charge in [-0.3, -0.25) is 0 Å². The predicted molar refractivity (Wildman–Crippen MR) is 58.9 cm³/mol. The Kier molecular flexibility index (Phi) is 5.92. The van der Waals surface area contributed by atoms with Crippen LogP contribution in [0.4, 0.5) is 0 Å².